The van der Waals surface area contributed by atoms with Gasteiger partial charge in [0.15, 0.2) is 10.7 Å². The van der Waals surface area contributed by atoms with Crippen LogP contribution in [0.4, 0.5) is 0 Å². The lowest BCUT2D eigenvalue weighted by Crippen LogP contribution is -2.31. The number of benzene rings is 1. The van der Waals surface area contributed by atoms with E-state index < -0.39 is 0 Å². The molecule has 3 aromatic rings. The maximum atomic E-state index is 13.0. The van der Waals surface area contributed by atoms with Crippen LogP contribution in [0.2, 0.25) is 0 Å². The van der Waals surface area contributed by atoms with Crippen LogP contribution in [0, 0.1) is 0 Å². The molecule has 0 aliphatic carbocycles. The summed E-state index contributed by atoms with van der Waals surface area (Å²) < 4.78 is 8.04. The molecule has 2 aliphatic heterocycles. The summed E-state index contributed by atoms with van der Waals surface area (Å²) in [6, 6.07) is 8.49. The summed E-state index contributed by atoms with van der Waals surface area (Å²) in [4.78, 5) is 20.4. The molecule has 4 heterocycles. The van der Waals surface area contributed by atoms with Gasteiger partial charge in [0, 0.05) is 37.8 Å². The van der Waals surface area contributed by atoms with Gasteiger partial charge in [0.2, 0.25) is 0 Å². The zero-order valence-corrected chi connectivity index (χ0v) is 16.6. The Labute approximate surface area is 168 Å². The van der Waals surface area contributed by atoms with E-state index in [2.05, 4.69) is 34.6 Å². The number of carbonyl (C=O) groups excluding carboxylic acids is 1. The summed E-state index contributed by atoms with van der Waals surface area (Å²) in [5.74, 6) is 0.0597. The number of ether oxygens (including phenoxy) is 1. The highest BCUT2D eigenvalue weighted by Crippen LogP contribution is 2.26. The van der Waals surface area contributed by atoms with E-state index in [1.807, 2.05) is 20.9 Å². The lowest BCUT2D eigenvalue weighted by molar-refractivity contribution is 0.0423. The lowest BCUT2D eigenvalue weighted by Gasteiger charge is -2.26. The summed E-state index contributed by atoms with van der Waals surface area (Å²) in [5.41, 5.74) is 4.17. The zero-order chi connectivity index (χ0) is 18.9. The van der Waals surface area contributed by atoms with E-state index in [0.29, 0.717) is 18.8 Å². The third-order valence-electron chi connectivity index (χ3n) is 5.67. The largest absolute Gasteiger partial charge is 0.372 e. The number of fused-ring (bicyclic) bond motifs is 2. The topological polar surface area (TPSA) is 58.9 Å². The molecule has 1 saturated heterocycles. The van der Waals surface area contributed by atoms with Gasteiger partial charge in [0.05, 0.1) is 18.4 Å². The smallest absolute Gasteiger partial charge is 0.274 e. The molecule has 2 aliphatic rings. The van der Waals surface area contributed by atoms with Crippen molar-refractivity contribution in [1.29, 1.82) is 0 Å². The summed E-state index contributed by atoms with van der Waals surface area (Å²) in [7, 11) is 0. The van der Waals surface area contributed by atoms with E-state index in [1.54, 1.807) is 11.3 Å². The summed E-state index contributed by atoms with van der Waals surface area (Å²) in [5, 5.41) is 5.52. The van der Waals surface area contributed by atoms with E-state index in [0.717, 1.165) is 49.6 Å². The molecule has 0 saturated carbocycles. The number of thiazole rings is 1. The van der Waals surface area contributed by atoms with Crippen molar-refractivity contribution in [2.24, 2.45) is 0 Å². The molecule has 0 radical (unpaired) electrons. The van der Waals surface area contributed by atoms with E-state index >= 15 is 0 Å². The van der Waals surface area contributed by atoms with Crippen LogP contribution in [0.1, 0.15) is 46.3 Å². The molecule has 1 fully saturated rings. The molecular weight excluding hydrogens is 372 g/mol. The van der Waals surface area contributed by atoms with Gasteiger partial charge in [-0.05, 0) is 30.4 Å². The summed E-state index contributed by atoms with van der Waals surface area (Å²) in [6.07, 6.45) is 5.18. The molecule has 5 rings (SSSR count). The Hall–Kier alpha value is -2.22. The van der Waals surface area contributed by atoms with Crippen molar-refractivity contribution >= 4 is 22.2 Å². The lowest BCUT2D eigenvalue weighted by atomic mass is 9.97. The number of carbonyl (C=O) groups is 1. The molecule has 1 N–H and O–H groups in total. The Morgan fingerprint density at radius 1 is 1.29 bits per heavy atom. The SMILES string of the molecule is O=C(c1nc2sccn2c1CNCC1OCCc2ccccc21)N1CCCC1. The Morgan fingerprint density at radius 3 is 3.04 bits per heavy atom. The van der Waals surface area contributed by atoms with Crippen LogP contribution >= 0.6 is 11.3 Å². The van der Waals surface area contributed by atoms with Crippen molar-refractivity contribution in [1.82, 2.24) is 19.6 Å². The third-order valence-corrected chi connectivity index (χ3v) is 6.43. The van der Waals surface area contributed by atoms with Gasteiger partial charge in [0.25, 0.3) is 5.91 Å². The van der Waals surface area contributed by atoms with E-state index in [1.165, 1.54) is 11.1 Å². The molecule has 2 aromatic heterocycles. The monoisotopic (exact) mass is 396 g/mol. The Kier molecular flexibility index (Phi) is 4.88. The minimum atomic E-state index is 0.0496. The van der Waals surface area contributed by atoms with Gasteiger partial charge in [0.1, 0.15) is 0 Å². The summed E-state index contributed by atoms with van der Waals surface area (Å²) >= 11 is 1.56. The van der Waals surface area contributed by atoms with E-state index in [9.17, 15) is 4.79 Å². The Balaban J connectivity index is 1.33. The molecule has 1 aromatic carbocycles. The number of hydrogen-bond acceptors (Lipinski definition) is 5. The first-order valence-corrected chi connectivity index (χ1v) is 10.8. The number of aromatic nitrogens is 2. The molecule has 6 nitrogen and oxygen atoms in total. The number of amides is 1. The number of nitrogens with zero attached hydrogens (tertiary/aromatic N) is 3. The number of hydrogen-bond donors (Lipinski definition) is 1. The Morgan fingerprint density at radius 2 is 2.14 bits per heavy atom. The second-order valence-electron chi connectivity index (χ2n) is 7.40. The van der Waals surface area contributed by atoms with Crippen LogP contribution in [0.15, 0.2) is 35.8 Å². The highest BCUT2D eigenvalue weighted by Gasteiger charge is 2.27. The second-order valence-corrected chi connectivity index (χ2v) is 8.27. The van der Waals surface area contributed by atoms with Crippen molar-refractivity contribution in [3.8, 4) is 0 Å². The molecule has 1 atom stereocenters. The highest BCUT2D eigenvalue weighted by atomic mass is 32.1. The maximum Gasteiger partial charge on any atom is 0.274 e. The first kappa shape index (κ1) is 17.8. The van der Waals surface area contributed by atoms with Gasteiger partial charge in [-0.1, -0.05) is 24.3 Å². The molecule has 1 amide bonds. The minimum absolute atomic E-state index is 0.0496. The Bertz CT molecular complexity index is 989. The fraction of sp³-hybridized carbons (Fsp3) is 0.429. The van der Waals surface area contributed by atoms with Crippen molar-refractivity contribution in [2.75, 3.05) is 26.2 Å². The van der Waals surface area contributed by atoms with Crippen LogP contribution in [0.25, 0.3) is 4.96 Å². The van der Waals surface area contributed by atoms with Gasteiger partial charge < -0.3 is 15.0 Å². The van der Waals surface area contributed by atoms with Crippen LogP contribution in [-0.4, -0.2) is 46.4 Å². The normalized spacial score (nSPS) is 19.3. The number of rotatable bonds is 5. The number of nitrogens with one attached hydrogen (secondary N) is 1. The van der Waals surface area contributed by atoms with Crippen LogP contribution in [0.3, 0.4) is 0 Å². The predicted molar refractivity (Wildman–Crippen MR) is 109 cm³/mol. The predicted octanol–water partition coefficient (Wildman–Crippen LogP) is 3.04. The molecule has 0 spiro atoms. The maximum absolute atomic E-state index is 13.0. The highest BCUT2D eigenvalue weighted by molar-refractivity contribution is 7.15. The standard InChI is InChI=1S/C21H24N4O2S/c26-20(24-8-3-4-9-24)19-17(25-10-12-28-21(25)23-19)13-22-14-18-16-6-2-1-5-15(16)7-11-27-18/h1-2,5-6,10,12,18,22H,3-4,7-9,11,13-14H2. The van der Waals surface area contributed by atoms with Gasteiger partial charge >= 0.3 is 0 Å². The van der Waals surface area contributed by atoms with Crippen LogP contribution in [0.5, 0.6) is 0 Å². The first-order chi connectivity index (χ1) is 13.8. The fourth-order valence-electron chi connectivity index (χ4n) is 4.21. The van der Waals surface area contributed by atoms with Crippen molar-refractivity contribution < 1.29 is 9.53 Å². The first-order valence-electron chi connectivity index (χ1n) is 9.95. The molecule has 146 valence electrons. The van der Waals surface area contributed by atoms with Gasteiger partial charge in [-0.2, -0.15) is 0 Å². The average Bonchev–Trinajstić information content (AvgIpc) is 3.46. The summed E-state index contributed by atoms with van der Waals surface area (Å²) in [6.45, 7) is 3.73. The zero-order valence-electron chi connectivity index (χ0n) is 15.8. The average molecular weight is 397 g/mol. The van der Waals surface area contributed by atoms with E-state index in [-0.39, 0.29) is 12.0 Å². The van der Waals surface area contributed by atoms with Crippen molar-refractivity contribution in [3.63, 3.8) is 0 Å². The molecular formula is C21H24N4O2S. The van der Waals surface area contributed by atoms with Gasteiger partial charge in [-0.3, -0.25) is 9.20 Å². The molecule has 0 bridgehead atoms. The third kappa shape index (κ3) is 3.23. The van der Waals surface area contributed by atoms with Crippen molar-refractivity contribution in [3.05, 3.63) is 58.4 Å². The van der Waals surface area contributed by atoms with E-state index in [4.69, 9.17) is 4.74 Å². The minimum Gasteiger partial charge on any atom is -0.372 e. The molecule has 28 heavy (non-hydrogen) atoms. The van der Waals surface area contributed by atoms with Crippen molar-refractivity contribution in [2.45, 2.75) is 31.9 Å². The van der Waals surface area contributed by atoms with Gasteiger partial charge in [-0.25, -0.2) is 4.98 Å². The number of likely N-dealkylation sites (tertiary alicyclic amines) is 1. The van der Waals surface area contributed by atoms with Crippen LogP contribution in [-0.2, 0) is 17.7 Å². The van der Waals surface area contributed by atoms with Gasteiger partial charge in [-0.15, -0.1) is 11.3 Å². The fourth-order valence-corrected chi connectivity index (χ4v) is 4.94. The second kappa shape index (κ2) is 7.66. The van der Waals surface area contributed by atoms with Crippen LogP contribution < -0.4 is 5.32 Å². The molecule has 1 unspecified atom stereocenters. The number of imidazole rings is 1. The quantitative estimate of drug-likeness (QED) is 0.720. The molecule has 7 heteroatoms.